The molecule has 0 saturated heterocycles. The summed E-state index contributed by atoms with van der Waals surface area (Å²) in [6.45, 7) is 9.75. The van der Waals surface area contributed by atoms with Gasteiger partial charge < -0.3 is 15.2 Å². The molecule has 7 atom stereocenters. The van der Waals surface area contributed by atoms with Crippen LogP contribution >= 0.6 is 0 Å². The molecule has 2 N–H and O–H groups in total. The van der Waals surface area contributed by atoms with Gasteiger partial charge in [0.1, 0.15) is 11.5 Å². The maximum atomic E-state index is 12.2. The molecular formula is C33H50N2O3. The standard InChI is InChI=1S/C33H50N2O3/c1-5-23(6-2)35-29(7-3)30-21-25(14-18-34-30)38-19-17-33-16-13-27-26(28(33)10-11-31(33)37)9-8-22-20-24(36)12-15-32(22,27)4/h8,14,18,21,23,26-29,31,35,37H,5-7,9-13,15-17,19-20H2,1-4H3/t26?,27?,28?,29?,31-,32-,33+/m0/s1. The van der Waals surface area contributed by atoms with Crippen LogP contribution in [0.5, 0.6) is 5.75 Å². The third kappa shape index (κ3) is 4.98. The summed E-state index contributed by atoms with van der Waals surface area (Å²) in [6, 6.07) is 4.82. The zero-order valence-corrected chi connectivity index (χ0v) is 24.2. The van der Waals surface area contributed by atoms with Crippen LogP contribution in [0.4, 0.5) is 0 Å². The van der Waals surface area contributed by atoms with Gasteiger partial charge in [0, 0.05) is 42.6 Å². The van der Waals surface area contributed by atoms with E-state index in [2.05, 4.69) is 50.1 Å². The maximum Gasteiger partial charge on any atom is 0.136 e. The highest BCUT2D eigenvalue weighted by Gasteiger charge is 2.60. The summed E-state index contributed by atoms with van der Waals surface area (Å²) in [5.41, 5.74) is 2.62. The molecule has 0 spiro atoms. The number of nitrogens with one attached hydrogen (secondary N) is 1. The Kier molecular flexibility index (Phi) is 8.36. The fraction of sp³-hybridized carbons (Fsp3) is 0.758. The molecule has 1 aromatic heterocycles. The molecule has 1 aromatic rings. The molecule has 3 saturated carbocycles. The van der Waals surface area contributed by atoms with E-state index in [0.717, 1.165) is 75.7 Å². The Morgan fingerprint density at radius 1 is 1.13 bits per heavy atom. The zero-order valence-electron chi connectivity index (χ0n) is 24.2. The Morgan fingerprint density at radius 2 is 1.95 bits per heavy atom. The number of pyridine rings is 1. The van der Waals surface area contributed by atoms with Crippen molar-refractivity contribution in [3.05, 3.63) is 35.7 Å². The topological polar surface area (TPSA) is 71.5 Å². The molecule has 5 nitrogen and oxygen atoms in total. The minimum absolute atomic E-state index is 0.0355. The van der Waals surface area contributed by atoms with Crippen molar-refractivity contribution in [1.29, 1.82) is 0 Å². The number of fused-ring (bicyclic) bond motifs is 5. The van der Waals surface area contributed by atoms with Gasteiger partial charge in [0.15, 0.2) is 0 Å². The summed E-state index contributed by atoms with van der Waals surface area (Å²) in [5.74, 6) is 3.13. The molecule has 210 valence electrons. The van der Waals surface area contributed by atoms with E-state index in [1.54, 1.807) is 0 Å². The third-order valence-electron chi connectivity index (χ3n) is 11.4. The smallest absolute Gasteiger partial charge is 0.136 e. The molecule has 38 heavy (non-hydrogen) atoms. The molecule has 0 aliphatic heterocycles. The van der Waals surface area contributed by atoms with Crippen molar-refractivity contribution in [2.75, 3.05) is 6.61 Å². The number of carbonyl (C=O) groups excluding carboxylic acids is 1. The SMILES string of the molecule is CCC(CC)NC(CC)c1cc(OCC[C@]23CCC4C(CC=C5CC(=O)CC[C@@]54C)C2CC[C@@H]3O)ccn1. The second-order valence-corrected chi connectivity index (χ2v) is 13.0. The van der Waals surface area contributed by atoms with Crippen molar-refractivity contribution in [3.63, 3.8) is 0 Å². The predicted molar refractivity (Wildman–Crippen MR) is 152 cm³/mol. The van der Waals surface area contributed by atoms with Gasteiger partial charge in [0.05, 0.1) is 18.4 Å². The molecule has 3 fully saturated rings. The normalized spacial score (nSPS) is 35.3. The lowest BCUT2D eigenvalue weighted by Gasteiger charge is -2.57. The van der Waals surface area contributed by atoms with Gasteiger partial charge in [-0.15, -0.1) is 0 Å². The lowest BCUT2D eigenvalue weighted by atomic mass is 9.47. The Balaban J connectivity index is 1.26. The summed E-state index contributed by atoms with van der Waals surface area (Å²) in [7, 11) is 0. The second kappa shape index (κ2) is 11.4. The summed E-state index contributed by atoms with van der Waals surface area (Å²) in [5, 5.41) is 15.1. The fourth-order valence-electron chi connectivity index (χ4n) is 9.03. The van der Waals surface area contributed by atoms with Crippen molar-refractivity contribution in [2.24, 2.45) is 28.6 Å². The van der Waals surface area contributed by atoms with Crippen LogP contribution in [0.15, 0.2) is 30.0 Å². The molecule has 0 radical (unpaired) electrons. The van der Waals surface area contributed by atoms with E-state index >= 15 is 0 Å². The number of rotatable bonds is 10. The average molecular weight is 523 g/mol. The highest BCUT2D eigenvalue weighted by atomic mass is 16.5. The number of allylic oxidation sites excluding steroid dienone is 2. The molecule has 5 rings (SSSR count). The minimum Gasteiger partial charge on any atom is -0.493 e. The summed E-state index contributed by atoms with van der Waals surface area (Å²) in [4.78, 5) is 16.9. The summed E-state index contributed by atoms with van der Waals surface area (Å²) >= 11 is 0. The highest BCUT2D eigenvalue weighted by molar-refractivity contribution is 5.82. The van der Waals surface area contributed by atoms with Crippen molar-refractivity contribution >= 4 is 5.78 Å². The summed E-state index contributed by atoms with van der Waals surface area (Å²) in [6.07, 6.45) is 16.0. The first-order chi connectivity index (χ1) is 18.3. The largest absolute Gasteiger partial charge is 0.493 e. The Morgan fingerprint density at radius 3 is 2.71 bits per heavy atom. The van der Waals surface area contributed by atoms with Crippen LogP contribution in [0.3, 0.4) is 0 Å². The van der Waals surface area contributed by atoms with Gasteiger partial charge in [-0.05, 0) is 93.4 Å². The number of ketones is 1. The van der Waals surface area contributed by atoms with E-state index in [-0.39, 0.29) is 23.0 Å². The highest BCUT2D eigenvalue weighted by Crippen LogP contribution is 2.65. The Hall–Kier alpha value is -1.72. The lowest BCUT2D eigenvalue weighted by molar-refractivity contribution is -0.123. The number of ether oxygens (including phenoxy) is 1. The number of aromatic nitrogens is 1. The van der Waals surface area contributed by atoms with Crippen LogP contribution in [0, 0.1) is 28.6 Å². The first kappa shape index (κ1) is 27.8. The van der Waals surface area contributed by atoms with Crippen LogP contribution in [-0.2, 0) is 4.79 Å². The van der Waals surface area contributed by atoms with Gasteiger partial charge in [0.2, 0.25) is 0 Å². The molecule has 4 unspecified atom stereocenters. The number of hydrogen-bond acceptors (Lipinski definition) is 5. The van der Waals surface area contributed by atoms with Gasteiger partial charge in [-0.25, -0.2) is 0 Å². The van der Waals surface area contributed by atoms with E-state index in [1.807, 2.05) is 12.3 Å². The first-order valence-electron chi connectivity index (χ1n) is 15.6. The fourth-order valence-corrected chi connectivity index (χ4v) is 9.03. The van der Waals surface area contributed by atoms with Gasteiger partial charge >= 0.3 is 0 Å². The van der Waals surface area contributed by atoms with Crippen molar-refractivity contribution < 1.29 is 14.6 Å². The van der Waals surface area contributed by atoms with E-state index in [4.69, 9.17) is 4.74 Å². The van der Waals surface area contributed by atoms with Crippen LogP contribution in [0.25, 0.3) is 0 Å². The zero-order chi connectivity index (χ0) is 26.9. The maximum absolute atomic E-state index is 12.2. The minimum atomic E-state index is -0.232. The summed E-state index contributed by atoms with van der Waals surface area (Å²) < 4.78 is 6.38. The third-order valence-corrected chi connectivity index (χ3v) is 11.4. The molecule has 5 heteroatoms. The van der Waals surface area contributed by atoms with Crippen molar-refractivity contribution in [2.45, 2.75) is 123 Å². The van der Waals surface area contributed by atoms with Gasteiger partial charge in [-0.2, -0.15) is 0 Å². The Bertz CT molecular complexity index is 1020. The molecule has 4 aliphatic rings. The Labute approximate surface area is 230 Å². The first-order valence-corrected chi connectivity index (χ1v) is 15.6. The van der Waals surface area contributed by atoms with E-state index in [1.165, 1.54) is 12.0 Å². The second-order valence-electron chi connectivity index (χ2n) is 13.0. The average Bonchev–Trinajstić information content (AvgIpc) is 3.26. The number of nitrogens with zero attached hydrogens (tertiary/aromatic N) is 1. The molecular weight excluding hydrogens is 472 g/mol. The molecule has 4 aliphatic carbocycles. The van der Waals surface area contributed by atoms with Crippen LogP contribution in [0.1, 0.15) is 116 Å². The lowest BCUT2D eigenvalue weighted by Crippen LogP contribution is -2.52. The monoisotopic (exact) mass is 522 g/mol. The molecule has 1 heterocycles. The van der Waals surface area contributed by atoms with Crippen LogP contribution in [0.2, 0.25) is 0 Å². The van der Waals surface area contributed by atoms with E-state index < -0.39 is 0 Å². The van der Waals surface area contributed by atoms with Crippen molar-refractivity contribution in [1.82, 2.24) is 10.3 Å². The number of hydrogen-bond donors (Lipinski definition) is 2. The van der Waals surface area contributed by atoms with Gasteiger partial charge in [0.25, 0.3) is 0 Å². The molecule has 0 bridgehead atoms. The number of Topliss-reactive ketones (excluding diaryl/α,β-unsaturated/α-hetero) is 1. The predicted octanol–water partition coefficient (Wildman–Crippen LogP) is 6.95. The number of carbonyl (C=O) groups is 1. The number of aliphatic hydroxyl groups is 1. The molecule has 0 amide bonds. The van der Waals surface area contributed by atoms with E-state index in [9.17, 15) is 9.90 Å². The quantitative estimate of drug-likeness (QED) is 0.325. The van der Waals surface area contributed by atoms with Crippen molar-refractivity contribution in [3.8, 4) is 5.75 Å². The van der Waals surface area contributed by atoms with Gasteiger partial charge in [-0.3, -0.25) is 9.78 Å². The van der Waals surface area contributed by atoms with Gasteiger partial charge in [-0.1, -0.05) is 39.3 Å². The van der Waals surface area contributed by atoms with Crippen LogP contribution in [-0.4, -0.2) is 34.6 Å². The number of aliphatic hydroxyl groups excluding tert-OH is 1. The van der Waals surface area contributed by atoms with E-state index in [0.29, 0.717) is 42.6 Å². The molecule has 0 aromatic carbocycles. The van der Waals surface area contributed by atoms with Crippen LogP contribution < -0.4 is 10.1 Å².